The van der Waals surface area contributed by atoms with Crippen molar-refractivity contribution in [3.05, 3.63) is 72.6 Å². The molecule has 0 saturated carbocycles. The summed E-state index contributed by atoms with van der Waals surface area (Å²) in [6.07, 6.45) is -8.33. The number of ether oxygens (including phenoxy) is 3. The lowest BCUT2D eigenvalue weighted by Crippen LogP contribution is -2.21. The Morgan fingerprint density at radius 1 is 0.735 bits per heavy atom. The van der Waals surface area contributed by atoms with Crippen molar-refractivity contribution in [2.24, 2.45) is 0 Å². The molecule has 0 spiro atoms. The molecule has 20 heteroatoms. The van der Waals surface area contributed by atoms with Crippen LogP contribution in [0.15, 0.2) is 66.9 Å². The Hall–Kier alpha value is -5.92. The Balaban J connectivity index is 0.000000392. The second-order valence-corrected chi connectivity index (χ2v) is 9.45. The SMILES string of the molecule is Nc1cc(OCCOCCn2cc(COc3cc(N)nc4ccccc34)nn2)c2ccccc2n1.O=C(O)C(F)(F)F.O=C(O)C(F)(F)F. The first-order valence-electron chi connectivity index (χ1n) is 13.7. The smallest absolute Gasteiger partial charge is 0.490 e. The normalized spacial score (nSPS) is 11.2. The van der Waals surface area contributed by atoms with E-state index in [2.05, 4.69) is 20.3 Å². The molecule has 0 aliphatic heterocycles. The van der Waals surface area contributed by atoms with Gasteiger partial charge in [0.1, 0.15) is 42.0 Å². The van der Waals surface area contributed by atoms with Crippen LogP contribution in [0.1, 0.15) is 5.69 Å². The lowest BCUT2D eigenvalue weighted by atomic mass is 10.2. The number of anilines is 2. The van der Waals surface area contributed by atoms with Gasteiger partial charge in [0, 0.05) is 22.9 Å². The third-order valence-electron chi connectivity index (χ3n) is 5.79. The molecule has 0 radical (unpaired) electrons. The lowest BCUT2D eigenvalue weighted by molar-refractivity contribution is -0.193. The van der Waals surface area contributed by atoms with Crippen LogP contribution in [0.5, 0.6) is 11.5 Å². The molecule has 3 heterocycles. The van der Waals surface area contributed by atoms with Crippen molar-refractivity contribution >= 4 is 45.4 Å². The van der Waals surface area contributed by atoms with Crippen molar-refractivity contribution in [1.29, 1.82) is 0 Å². The summed E-state index contributed by atoms with van der Waals surface area (Å²) >= 11 is 0. The van der Waals surface area contributed by atoms with E-state index in [1.165, 1.54) is 0 Å². The van der Waals surface area contributed by atoms with Crippen LogP contribution in [0.25, 0.3) is 21.8 Å². The second-order valence-electron chi connectivity index (χ2n) is 9.45. The van der Waals surface area contributed by atoms with Crippen molar-refractivity contribution in [1.82, 2.24) is 25.0 Å². The van der Waals surface area contributed by atoms with Crippen molar-refractivity contribution < 1.29 is 60.4 Å². The molecule has 0 unspecified atom stereocenters. The van der Waals surface area contributed by atoms with Gasteiger partial charge < -0.3 is 35.9 Å². The Bertz CT molecular complexity index is 1850. The first-order valence-corrected chi connectivity index (χ1v) is 13.7. The van der Waals surface area contributed by atoms with Crippen LogP contribution in [0, 0.1) is 0 Å². The molecule has 0 atom stereocenters. The molecule has 0 bridgehead atoms. The molecular formula is C29H27F6N7O7. The summed E-state index contributed by atoms with van der Waals surface area (Å²) in [7, 11) is 0. The number of carboxylic acids is 2. The minimum Gasteiger partial charge on any atom is -0.490 e. The van der Waals surface area contributed by atoms with Gasteiger partial charge in [-0.2, -0.15) is 26.3 Å². The van der Waals surface area contributed by atoms with Crippen LogP contribution in [-0.4, -0.2) is 79.3 Å². The van der Waals surface area contributed by atoms with Crippen molar-refractivity contribution in [2.45, 2.75) is 25.5 Å². The first-order chi connectivity index (χ1) is 23.0. The van der Waals surface area contributed by atoms with Gasteiger partial charge in [0.15, 0.2) is 0 Å². The average Bonchev–Trinajstić information content (AvgIpc) is 3.48. The lowest BCUT2D eigenvalue weighted by Gasteiger charge is -2.10. The Morgan fingerprint density at radius 2 is 1.20 bits per heavy atom. The number of carboxylic acid groups (broad SMARTS) is 2. The molecule has 2 aromatic carbocycles. The molecule has 0 aliphatic rings. The van der Waals surface area contributed by atoms with Gasteiger partial charge in [0.05, 0.1) is 37.0 Å². The number of aliphatic carboxylic acids is 2. The highest BCUT2D eigenvalue weighted by Crippen LogP contribution is 2.27. The summed E-state index contributed by atoms with van der Waals surface area (Å²) in [5.41, 5.74) is 14.1. The zero-order valence-electron chi connectivity index (χ0n) is 25.0. The van der Waals surface area contributed by atoms with Crippen LogP contribution in [-0.2, 0) is 27.5 Å². The number of rotatable bonds is 10. The number of pyridine rings is 2. The predicted octanol–water partition coefficient (Wildman–Crippen LogP) is 4.48. The maximum atomic E-state index is 10.6. The number of carbonyl (C=O) groups is 2. The number of alkyl halides is 6. The number of para-hydroxylation sites is 2. The molecule has 262 valence electrons. The predicted molar refractivity (Wildman–Crippen MR) is 160 cm³/mol. The quantitative estimate of drug-likeness (QED) is 0.117. The minimum absolute atomic E-state index is 0.269. The summed E-state index contributed by atoms with van der Waals surface area (Å²) in [5, 5.41) is 24.4. The average molecular weight is 700 g/mol. The molecule has 49 heavy (non-hydrogen) atoms. The van der Waals surface area contributed by atoms with Gasteiger partial charge in [-0.15, -0.1) is 5.10 Å². The maximum absolute atomic E-state index is 10.6. The van der Waals surface area contributed by atoms with Crippen LogP contribution in [0.2, 0.25) is 0 Å². The number of halogens is 6. The largest absolute Gasteiger partial charge is 0.490 e. The molecule has 14 nitrogen and oxygen atoms in total. The molecule has 0 saturated heterocycles. The third kappa shape index (κ3) is 12.0. The van der Waals surface area contributed by atoms with Gasteiger partial charge in [-0.1, -0.05) is 29.5 Å². The third-order valence-corrected chi connectivity index (χ3v) is 5.79. The van der Waals surface area contributed by atoms with Crippen LogP contribution < -0.4 is 20.9 Å². The standard InChI is InChI=1S/C25H25N7O3.2C2HF3O2/c26-24-13-22(18-5-1-3-7-20(18)28-24)34-12-11-33-10-9-32-15-17(30-31-32)16-35-23-14-25(27)29-21-8-4-2-6-19(21)23;2*3-2(4,5)1(6)7/h1-8,13-15H,9-12,16H2,(H2,26,28)(H2,27,29);2*(H,6,7). The van der Waals surface area contributed by atoms with E-state index in [-0.39, 0.29) is 6.61 Å². The van der Waals surface area contributed by atoms with Crippen LogP contribution >= 0.6 is 0 Å². The number of hydrogen-bond acceptors (Lipinski definition) is 11. The Kier molecular flexibility index (Phi) is 12.8. The van der Waals surface area contributed by atoms with E-state index in [4.69, 9.17) is 45.5 Å². The number of benzene rings is 2. The van der Waals surface area contributed by atoms with Crippen molar-refractivity contribution in [3.63, 3.8) is 0 Å². The van der Waals surface area contributed by atoms with Gasteiger partial charge in [-0.05, 0) is 24.3 Å². The zero-order chi connectivity index (χ0) is 36.2. The first kappa shape index (κ1) is 37.5. The highest BCUT2D eigenvalue weighted by molar-refractivity contribution is 5.87. The fourth-order valence-corrected chi connectivity index (χ4v) is 3.70. The number of fused-ring (bicyclic) bond motifs is 2. The zero-order valence-corrected chi connectivity index (χ0v) is 25.0. The van der Waals surface area contributed by atoms with Gasteiger partial charge in [0.2, 0.25) is 0 Å². The summed E-state index contributed by atoms with van der Waals surface area (Å²) in [5.74, 6) is -3.33. The summed E-state index contributed by atoms with van der Waals surface area (Å²) in [6.45, 7) is 2.12. The topological polar surface area (TPSA) is 211 Å². The number of aromatic nitrogens is 5. The van der Waals surface area contributed by atoms with E-state index in [0.29, 0.717) is 55.2 Å². The Morgan fingerprint density at radius 3 is 1.69 bits per heavy atom. The van der Waals surface area contributed by atoms with E-state index in [9.17, 15) is 26.3 Å². The van der Waals surface area contributed by atoms with E-state index in [1.807, 2.05) is 54.7 Å². The van der Waals surface area contributed by atoms with E-state index >= 15 is 0 Å². The van der Waals surface area contributed by atoms with Gasteiger partial charge >= 0.3 is 24.3 Å². The highest BCUT2D eigenvalue weighted by atomic mass is 19.4. The van der Waals surface area contributed by atoms with E-state index < -0.39 is 24.3 Å². The molecule has 0 aliphatic carbocycles. The Labute approximate surface area is 271 Å². The number of nitrogen functional groups attached to an aromatic ring is 2. The molecule has 5 aromatic rings. The van der Waals surface area contributed by atoms with Gasteiger partial charge in [-0.3, -0.25) is 0 Å². The number of hydrogen-bond donors (Lipinski definition) is 4. The molecule has 5 rings (SSSR count). The van der Waals surface area contributed by atoms with Crippen molar-refractivity contribution in [2.75, 3.05) is 31.3 Å². The minimum atomic E-state index is -5.08. The van der Waals surface area contributed by atoms with E-state index in [0.717, 1.165) is 21.8 Å². The van der Waals surface area contributed by atoms with Crippen molar-refractivity contribution in [3.8, 4) is 11.5 Å². The molecule has 3 aromatic heterocycles. The van der Waals surface area contributed by atoms with Crippen LogP contribution in [0.3, 0.4) is 0 Å². The summed E-state index contributed by atoms with van der Waals surface area (Å²) < 4.78 is 82.7. The fraction of sp³-hybridized carbons (Fsp3) is 0.241. The van der Waals surface area contributed by atoms with Crippen LogP contribution in [0.4, 0.5) is 38.0 Å². The fourth-order valence-electron chi connectivity index (χ4n) is 3.70. The summed E-state index contributed by atoms with van der Waals surface area (Å²) in [4.78, 5) is 26.4. The number of nitrogens with two attached hydrogens (primary N) is 2. The monoisotopic (exact) mass is 699 g/mol. The highest BCUT2D eigenvalue weighted by Gasteiger charge is 2.38. The maximum Gasteiger partial charge on any atom is 0.490 e. The van der Waals surface area contributed by atoms with Gasteiger partial charge in [-0.25, -0.2) is 24.2 Å². The molecule has 6 N–H and O–H groups in total. The molecular weight excluding hydrogens is 672 g/mol. The second kappa shape index (κ2) is 16.8. The number of nitrogens with zero attached hydrogens (tertiary/aromatic N) is 5. The molecule has 0 fully saturated rings. The van der Waals surface area contributed by atoms with E-state index in [1.54, 1.807) is 16.8 Å². The summed E-state index contributed by atoms with van der Waals surface area (Å²) in [6, 6.07) is 18.8. The van der Waals surface area contributed by atoms with Gasteiger partial charge in [0.25, 0.3) is 0 Å². The molecule has 0 amide bonds.